The Kier molecular flexibility index (Phi) is 6.39. The van der Waals surface area contributed by atoms with Crippen LogP contribution in [0.15, 0.2) is 47.1 Å². The Hall–Kier alpha value is -3.48. The van der Waals surface area contributed by atoms with E-state index >= 15 is 0 Å². The van der Waals surface area contributed by atoms with Crippen molar-refractivity contribution in [1.82, 2.24) is 5.32 Å². The minimum absolute atomic E-state index is 0.253. The zero-order valence-electron chi connectivity index (χ0n) is 16.9. The van der Waals surface area contributed by atoms with Crippen LogP contribution in [0, 0.1) is 0 Å². The van der Waals surface area contributed by atoms with Crippen molar-refractivity contribution in [2.24, 2.45) is 4.99 Å². The lowest BCUT2D eigenvalue weighted by Gasteiger charge is -2.12. The molecule has 2 aromatic rings. The van der Waals surface area contributed by atoms with Crippen molar-refractivity contribution >= 4 is 17.8 Å². The predicted molar refractivity (Wildman–Crippen MR) is 111 cm³/mol. The van der Waals surface area contributed by atoms with E-state index in [1.807, 2.05) is 24.3 Å². The van der Waals surface area contributed by atoms with Crippen molar-refractivity contribution in [2.75, 3.05) is 28.4 Å². The number of methoxy groups -OCH3 is 4. The lowest BCUT2D eigenvalue weighted by Crippen LogP contribution is -2.24. The smallest absolute Gasteiger partial charge is 0.275 e. The van der Waals surface area contributed by atoms with Crippen molar-refractivity contribution in [3.05, 3.63) is 53.2 Å². The molecule has 0 radical (unpaired) electrons. The van der Waals surface area contributed by atoms with Gasteiger partial charge in [0, 0.05) is 18.1 Å². The van der Waals surface area contributed by atoms with E-state index in [0.717, 1.165) is 11.3 Å². The summed E-state index contributed by atoms with van der Waals surface area (Å²) in [6, 6.07) is 11.3. The van der Waals surface area contributed by atoms with Crippen molar-refractivity contribution < 1.29 is 23.7 Å². The van der Waals surface area contributed by atoms with Crippen LogP contribution in [0.2, 0.25) is 0 Å². The first-order chi connectivity index (χ1) is 14.1. The molecular formula is C22H24N2O5. The van der Waals surface area contributed by atoms with Crippen LogP contribution in [0.3, 0.4) is 0 Å². The molecule has 1 heterocycles. The number of aliphatic imine (C=N–C) groups is 1. The summed E-state index contributed by atoms with van der Waals surface area (Å²) < 4.78 is 21.4. The van der Waals surface area contributed by atoms with E-state index in [9.17, 15) is 4.79 Å². The molecule has 3 rings (SSSR count). The Labute approximate surface area is 170 Å². The lowest BCUT2D eigenvalue weighted by molar-refractivity contribution is -0.115. The van der Waals surface area contributed by atoms with E-state index in [0.29, 0.717) is 47.2 Å². The zero-order valence-corrected chi connectivity index (χ0v) is 16.9. The number of aryl methyl sites for hydroxylation is 1. The number of amides is 1. The summed E-state index contributed by atoms with van der Waals surface area (Å²) in [5, 5.41) is 2.83. The number of rotatable bonds is 8. The van der Waals surface area contributed by atoms with E-state index < -0.39 is 0 Å². The van der Waals surface area contributed by atoms with Crippen LogP contribution in [-0.4, -0.2) is 40.2 Å². The number of carbonyl (C=O) groups is 1. The predicted octanol–water partition coefficient (Wildman–Crippen LogP) is 3.22. The van der Waals surface area contributed by atoms with Crippen molar-refractivity contribution in [3.8, 4) is 23.0 Å². The van der Waals surface area contributed by atoms with E-state index in [1.165, 1.54) is 0 Å². The summed E-state index contributed by atoms with van der Waals surface area (Å²) in [5.74, 6) is 2.83. The fraction of sp³-hybridized carbons (Fsp3) is 0.273. The molecule has 0 saturated carbocycles. The molecule has 0 saturated heterocycles. The van der Waals surface area contributed by atoms with Crippen molar-refractivity contribution in [2.45, 2.75) is 12.8 Å². The lowest BCUT2D eigenvalue weighted by atomic mass is 10.1. The second-order valence-electron chi connectivity index (χ2n) is 6.30. The third kappa shape index (κ3) is 4.51. The van der Waals surface area contributed by atoms with E-state index in [2.05, 4.69) is 10.3 Å². The second-order valence-corrected chi connectivity index (χ2v) is 6.30. The van der Waals surface area contributed by atoms with Crippen molar-refractivity contribution in [3.63, 3.8) is 0 Å². The number of hydrogen-bond donors (Lipinski definition) is 1. The van der Waals surface area contributed by atoms with Gasteiger partial charge in [-0.3, -0.25) is 4.79 Å². The van der Waals surface area contributed by atoms with E-state index in [4.69, 9.17) is 18.9 Å². The van der Waals surface area contributed by atoms with Gasteiger partial charge in [0.15, 0.2) is 11.5 Å². The Balaban J connectivity index is 1.83. The highest BCUT2D eigenvalue weighted by Gasteiger charge is 2.21. The number of nitrogens with one attached hydrogen (secondary N) is 1. The molecule has 0 spiro atoms. The van der Waals surface area contributed by atoms with Gasteiger partial charge in [0.25, 0.3) is 5.91 Å². The minimum atomic E-state index is -0.253. The molecule has 1 N–H and O–H groups in total. The number of ether oxygens (including phenoxy) is 4. The monoisotopic (exact) mass is 396 g/mol. The first-order valence-corrected chi connectivity index (χ1v) is 9.12. The summed E-state index contributed by atoms with van der Waals surface area (Å²) in [6.07, 6.45) is 2.97. The first kappa shape index (κ1) is 20.3. The van der Waals surface area contributed by atoms with Crippen LogP contribution in [0.25, 0.3) is 6.08 Å². The maximum atomic E-state index is 12.4. The fourth-order valence-electron chi connectivity index (χ4n) is 3.11. The van der Waals surface area contributed by atoms with Gasteiger partial charge >= 0.3 is 0 Å². The first-order valence-electron chi connectivity index (χ1n) is 9.12. The van der Waals surface area contributed by atoms with Gasteiger partial charge in [0.2, 0.25) is 0 Å². The third-order valence-electron chi connectivity index (χ3n) is 4.60. The Morgan fingerprint density at radius 3 is 2.21 bits per heavy atom. The van der Waals surface area contributed by atoms with Gasteiger partial charge in [-0.2, -0.15) is 0 Å². The molecule has 0 aliphatic carbocycles. The van der Waals surface area contributed by atoms with E-state index in [1.54, 1.807) is 46.6 Å². The zero-order chi connectivity index (χ0) is 20.8. The molecule has 0 atom stereocenters. The maximum Gasteiger partial charge on any atom is 0.275 e. The molecular weight excluding hydrogens is 372 g/mol. The molecule has 0 bridgehead atoms. The van der Waals surface area contributed by atoms with Gasteiger partial charge < -0.3 is 24.3 Å². The number of benzene rings is 2. The Morgan fingerprint density at radius 1 is 0.862 bits per heavy atom. The Bertz CT molecular complexity index is 966. The van der Waals surface area contributed by atoms with Gasteiger partial charge in [-0.1, -0.05) is 18.2 Å². The molecule has 0 aromatic heterocycles. The highest BCUT2D eigenvalue weighted by molar-refractivity contribution is 6.14. The number of hydrogen-bond acceptors (Lipinski definition) is 6. The largest absolute Gasteiger partial charge is 0.496 e. The molecule has 1 aliphatic heterocycles. The van der Waals surface area contributed by atoms with Gasteiger partial charge in [0.1, 0.15) is 23.0 Å². The summed E-state index contributed by atoms with van der Waals surface area (Å²) >= 11 is 0. The van der Waals surface area contributed by atoms with Crippen LogP contribution in [0.4, 0.5) is 0 Å². The maximum absolute atomic E-state index is 12.4. The average Bonchev–Trinajstić information content (AvgIpc) is 3.11. The summed E-state index contributed by atoms with van der Waals surface area (Å²) in [7, 11) is 6.31. The summed E-state index contributed by atoms with van der Waals surface area (Å²) in [5.41, 5.74) is 2.04. The normalized spacial score (nSPS) is 14.4. The van der Waals surface area contributed by atoms with Gasteiger partial charge in [0.05, 0.1) is 28.4 Å². The SMILES string of the molecule is COc1cc(OC)c(OC)cc1/C=C1\N=C(CCc2ccccc2OC)NC1=O. The van der Waals surface area contributed by atoms with Crippen molar-refractivity contribution in [1.29, 1.82) is 0 Å². The molecule has 0 unspecified atom stereocenters. The highest BCUT2D eigenvalue weighted by atomic mass is 16.5. The van der Waals surface area contributed by atoms with Crippen LogP contribution in [0.5, 0.6) is 23.0 Å². The average molecular weight is 396 g/mol. The quantitative estimate of drug-likeness (QED) is 0.693. The molecule has 0 fully saturated rings. The second kappa shape index (κ2) is 9.14. The topological polar surface area (TPSA) is 78.4 Å². The van der Waals surface area contributed by atoms with Gasteiger partial charge in [-0.15, -0.1) is 0 Å². The molecule has 7 nitrogen and oxygen atoms in total. The van der Waals surface area contributed by atoms with Gasteiger partial charge in [-0.05, 0) is 30.2 Å². The number of carbonyl (C=O) groups excluding carboxylic acids is 1. The third-order valence-corrected chi connectivity index (χ3v) is 4.60. The van der Waals surface area contributed by atoms with Crippen LogP contribution in [-0.2, 0) is 11.2 Å². The standard InChI is InChI=1S/C22H24N2O5/c1-26-17-8-6-5-7-14(17)9-10-21-23-16(22(25)24-21)11-15-12-19(28-3)20(29-4)13-18(15)27-2/h5-8,11-13H,9-10H2,1-4H3,(H,23,24,25)/b16-11-. The van der Waals surface area contributed by atoms with Gasteiger partial charge in [-0.25, -0.2) is 4.99 Å². The minimum Gasteiger partial charge on any atom is -0.496 e. The molecule has 7 heteroatoms. The van der Waals surface area contributed by atoms with E-state index in [-0.39, 0.29) is 5.91 Å². The molecule has 29 heavy (non-hydrogen) atoms. The molecule has 2 aromatic carbocycles. The number of amidine groups is 1. The molecule has 152 valence electrons. The van der Waals surface area contributed by atoms with Crippen LogP contribution in [0.1, 0.15) is 17.5 Å². The molecule has 1 amide bonds. The van der Waals surface area contributed by atoms with Crippen LogP contribution < -0.4 is 24.3 Å². The highest BCUT2D eigenvalue weighted by Crippen LogP contribution is 2.36. The van der Waals surface area contributed by atoms with Crippen LogP contribution >= 0.6 is 0 Å². The summed E-state index contributed by atoms with van der Waals surface area (Å²) in [6.45, 7) is 0. The number of nitrogens with zero attached hydrogens (tertiary/aromatic N) is 1. The molecule has 1 aliphatic rings. The Morgan fingerprint density at radius 2 is 1.52 bits per heavy atom. The summed E-state index contributed by atoms with van der Waals surface area (Å²) in [4.78, 5) is 16.8. The fourth-order valence-corrected chi connectivity index (χ4v) is 3.11. The number of para-hydroxylation sites is 1.